The Labute approximate surface area is 166 Å². The first-order chi connectivity index (χ1) is 14.2. The zero-order chi connectivity index (χ0) is 20.1. The molecule has 3 aromatic rings. The van der Waals surface area contributed by atoms with Gasteiger partial charge in [-0.2, -0.15) is 0 Å². The molecule has 3 heterocycles. The van der Waals surface area contributed by atoms with E-state index in [1.54, 1.807) is 24.3 Å². The fourth-order valence-electron chi connectivity index (χ4n) is 2.98. The molecule has 1 aromatic carbocycles. The molecule has 0 aliphatic carbocycles. The lowest BCUT2D eigenvalue weighted by atomic mass is 10.1. The van der Waals surface area contributed by atoms with Crippen molar-refractivity contribution in [3.05, 3.63) is 59.7 Å². The lowest BCUT2D eigenvalue weighted by molar-refractivity contribution is 0.0693. The van der Waals surface area contributed by atoms with Crippen LogP contribution in [0.2, 0.25) is 0 Å². The second-order valence-corrected chi connectivity index (χ2v) is 6.60. The van der Waals surface area contributed by atoms with Gasteiger partial charge in [0.2, 0.25) is 5.88 Å². The molecule has 0 spiro atoms. The lowest BCUT2D eigenvalue weighted by Gasteiger charge is -2.22. The zero-order valence-electron chi connectivity index (χ0n) is 15.5. The third-order valence-electron chi connectivity index (χ3n) is 4.57. The van der Waals surface area contributed by atoms with E-state index in [4.69, 9.17) is 14.0 Å². The first kappa shape index (κ1) is 19.0. The Morgan fingerprint density at radius 3 is 2.66 bits per heavy atom. The number of carbonyl (C=O) groups is 1. The van der Waals surface area contributed by atoms with Gasteiger partial charge in [0.05, 0.1) is 5.56 Å². The van der Waals surface area contributed by atoms with Gasteiger partial charge >= 0.3 is 0 Å². The second-order valence-electron chi connectivity index (χ2n) is 6.60. The Morgan fingerprint density at radius 2 is 1.93 bits per heavy atom. The van der Waals surface area contributed by atoms with Crippen LogP contribution in [0.15, 0.2) is 47.2 Å². The first-order valence-corrected chi connectivity index (χ1v) is 9.23. The summed E-state index contributed by atoms with van der Waals surface area (Å²) in [5, 5.41) is 14.8. The maximum absolute atomic E-state index is 13.1. The molecule has 1 saturated heterocycles. The van der Waals surface area contributed by atoms with Gasteiger partial charge in [0.25, 0.3) is 5.91 Å². The molecule has 0 unspecified atom stereocenters. The molecule has 0 radical (unpaired) electrons. The summed E-state index contributed by atoms with van der Waals surface area (Å²) in [5.41, 5.74) is 2.18. The highest BCUT2D eigenvalue weighted by atomic mass is 19.1. The van der Waals surface area contributed by atoms with Gasteiger partial charge in [0.15, 0.2) is 5.69 Å². The molecule has 1 amide bonds. The van der Waals surface area contributed by atoms with Crippen molar-refractivity contribution in [1.82, 2.24) is 20.7 Å². The van der Waals surface area contributed by atoms with Crippen molar-refractivity contribution >= 4 is 5.91 Å². The molecule has 0 atom stereocenters. The molecule has 150 valence electrons. The number of hydrogen-bond acceptors (Lipinski definition) is 7. The van der Waals surface area contributed by atoms with Crippen LogP contribution < -0.4 is 10.1 Å². The summed E-state index contributed by atoms with van der Waals surface area (Å²) < 4.78 is 29.0. The van der Waals surface area contributed by atoms with Crippen LogP contribution in [-0.4, -0.2) is 40.5 Å². The third-order valence-corrected chi connectivity index (χ3v) is 4.57. The molecule has 1 fully saturated rings. The van der Waals surface area contributed by atoms with Crippen molar-refractivity contribution in [3.8, 4) is 17.1 Å². The lowest BCUT2D eigenvalue weighted by Crippen LogP contribution is -2.39. The Balaban J connectivity index is 1.36. The number of aromatic nitrogens is 3. The minimum absolute atomic E-state index is 0.0902. The molecule has 29 heavy (non-hydrogen) atoms. The topological polar surface area (TPSA) is 99.4 Å². The molecule has 8 nitrogen and oxygen atoms in total. The largest absolute Gasteiger partial charge is 0.472 e. The number of nitrogens with zero attached hydrogens (tertiary/aromatic N) is 3. The molecule has 2 aromatic heterocycles. The molecule has 1 aliphatic rings. The van der Waals surface area contributed by atoms with Crippen molar-refractivity contribution in [2.75, 3.05) is 13.2 Å². The van der Waals surface area contributed by atoms with Gasteiger partial charge < -0.3 is 19.3 Å². The summed E-state index contributed by atoms with van der Waals surface area (Å²) in [4.78, 5) is 12.3. The molecule has 4 rings (SSSR count). The number of hydrogen-bond donors (Lipinski definition) is 1. The van der Waals surface area contributed by atoms with E-state index in [0.29, 0.717) is 30.0 Å². The summed E-state index contributed by atoms with van der Waals surface area (Å²) in [6.07, 6.45) is 3.03. The van der Waals surface area contributed by atoms with Crippen molar-refractivity contribution < 1.29 is 23.2 Å². The van der Waals surface area contributed by atoms with Crippen molar-refractivity contribution in [1.29, 1.82) is 0 Å². The maximum atomic E-state index is 13.1. The molecular weight excluding hydrogens is 379 g/mol. The van der Waals surface area contributed by atoms with E-state index in [1.165, 1.54) is 18.4 Å². The minimum Gasteiger partial charge on any atom is -0.472 e. The third kappa shape index (κ3) is 4.75. The van der Waals surface area contributed by atoms with Gasteiger partial charge in [-0.25, -0.2) is 4.39 Å². The number of benzene rings is 1. The summed E-state index contributed by atoms with van der Waals surface area (Å²) >= 11 is 0. The van der Waals surface area contributed by atoms with Crippen molar-refractivity contribution in [2.45, 2.75) is 25.5 Å². The van der Waals surface area contributed by atoms with Gasteiger partial charge in [0.1, 0.15) is 24.4 Å². The summed E-state index contributed by atoms with van der Waals surface area (Å²) in [7, 11) is 0. The minimum atomic E-state index is -0.328. The summed E-state index contributed by atoms with van der Waals surface area (Å²) in [6.45, 7) is 1.43. The average Bonchev–Trinajstić information content (AvgIpc) is 3.22. The molecule has 0 saturated carbocycles. The van der Waals surface area contributed by atoms with E-state index in [0.717, 1.165) is 12.8 Å². The van der Waals surface area contributed by atoms with Crippen LogP contribution in [0.5, 0.6) is 5.88 Å². The number of nitrogens with one attached hydrogen (secondary N) is 1. The van der Waals surface area contributed by atoms with E-state index in [1.807, 2.05) is 0 Å². The van der Waals surface area contributed by atoms with Gasteiger partial charge in [-0.1, -0.05) is 5.16 Å². The van der Waals surface area contributed by atoms with E-state index in [-0.39, 0.29) is 35.9 Å². The number of carbonyl (C=O) groups excluding carboxylic acids is 1. The van der Waals surface area contributed by atoms with Crippen LogP contribution in [0.25, 0.3) is 11.3 Å². The highest BCUT2D eigenvalue weighted by Gasteiger charge is 2.18. The monoisotopic (exact) mass is 398 g/mol. The predicted octanol–water partition coefficient (Wildman–Crippen LogP) is 2.76. The molecule has 1 aliphatic heterocycles. The normalized spacial score (nSPS) is 14.5. The van der Waals surface area contributed by atoms with Gasteiger partial charge in [-0.05, 0) is 43.2 Å². The molecular formula is C20H19FN4O4. The van der Waals surface area contributed by atoms with Crippen LogP contribution in [-0.2, 0) is 11.3 Å². The molecule has 9 heteroatoms. The Kier molecular flexibility index (Phi) is 5.76. The number of ether oxygens (including phenoxy) is 2. The van der Waals surface area contributed by atoms with Gasteiger partial charge in [0, 0.05) is 30.9 Å². The van der Waals surface area contributed by atoms with Crippen molar-refractivity contribution in [3.63, 3.8) is 0 Å². The molecule has 0 bridgehead atoms. The number of amides is 1. The van der Waals surface area contributed by atoms with Crippen LogP contribution in [0, 0.1) is 5.82 Å². The van der Waals surface area contributed by atoms with E-state index in [9.17, 15) is 9.18 Å². The fourth-order valence-corrected chi connectivity index (χ4v) is 2.98. The summed E-state index contributed by atoms with van der Waals surface area (Å²) in [6, 6.07) is 9.16. The highest BCUT2D eigenvalue weighted by molar-refractivity contribution is 5.92. The summed E-state index contributed by atoms with van der Waals surface area (Å²) in [5.74, 6) is -0.335. The van der Waals surface area contributed by atoms with Crippen LogP contribution in [0.3, 0.4) is 0 Å². The second kappa shape index (κ2) is 8.78. The maximum Gasteiger partial charge on any atom is 0.272 e. The Hall–Kier alpha value is -3.33. The fraction of sp³-hybridized carbons (Fsp3) is 0.300. The van der Waals surface area contributed by atoms with Crippen molar-refractivity contribution in [2.24, 2.45) is 0 Å². The van der Waals surface area contributed by atoms with Crippen LogP contribution >= 0.6 is 0 Å². The SMILES string of the molecule is O=C(NC1CCOCC1)c1ccc(OCc2conc2-c2ccc(F)cc2)nn1. The van der Waals surface area contributed by atoms with Crippen LogP contribution in [0.4, 0.5) is 4.39 Å². The van der Waals surface area contributed by atoms with Gasteiger partial charge in [-0.15, -0.1) is 10.2 Å². The average molecular weight is 398 g/mol. The zero-order valence-corrected chi connectivity index (χ0v) is 15.5. The first-order valence-electron chi connectivity index (χ1n) is 9.23. The quantitative estimate of drug-likeness (QED) is 0.681. The van der Waals surface area contributed by atoms with Gasteiger partial charge in [-0.3, -0.25) is 4.79 Å². The Bertz CT molecular complexity index is 953. The van der Waals surface area contributed by atoms with E-state index >= 15 is 0 Å². The standard InChI is InChI=1S/C20H19FN4O4/c21-15-3-1-13(2-4-15)19-14(12-29-25-19)11-28-18-6-5-17(23-24-18)20(26)22-16-7-9-27-10-8-16/h1-6,12,16H,7-11H2,(H,22,26). The Morgan fingerprint density at radius 1 is 1.14 bits per heavy atom. The number of rotatable bonds is 6. The highest BCUT2D eigenvalue weighted by Crippen LogP contribution is 2.23. The molecule has 1 N–H and O–H groups in total. The smallest absolute Gasteiger partial charge is 0.272 e. The van der Waals surface area contributed by atoms with Crippen LogP contribution in [0.1, 0.15) is 28.9 Å². The van der Waals surface area contributed by atoms with E-state index < -0.39 is 0 Å². The van der Waals surface area contributed by atoms with E-state index in [2.05, 4.69) is 20.7 Å². The predicted molar refractivity (Wildman–Crippen MR) is 99.6 cm³/mol. The number of halogens is 1.